The lowest BCUT2D eigenvalue weighted by molar-refractivity contribution is -0.137. The van der Waals surface area contributed by atoms with Crippen molar-refractivity contribution >= 4 is 33.0 Å². The van der Waals surface area contributed by atoms with Gasteiger partial charge in [-0.15, -0.1) is 11.3 Å². The Labute approximate surface area is 197 Å². The molecule has 180 valence electrons. The van der Waals surface area contributed by atoms with Gasteiger partial charge in [0.15, 0.2) is 5.01 Å². The summed E-state index contributed by atoms with van der Waals surface area (Å²) >= 11 is 0.931. The number of aromatic nitrogens is 3. The largest absolute Gasteiger partial charge is 0.417 e. The molecule has 0 saturated heterocycles. The molecular weight excluding hydrogens is 491 g/mol. The van der Waals surface area contributed by atoms with E-state index in [-0.39, 0.29) is 17.1 Å². The summed E-state index contributed by atoms with van der Waals surface area (Å²) in [6.45, 7) is 0.0118. The molecule has 0 bridgehead atoms. The molecule has 1 saturated carbocycles. The lowest BCUT2D eigenvalue weighted by Crippen LogP contribution is -2.26. The van der Waals surface area contributed by atoms with Gasteiger partial charge in [0, 0.05) is 30.4 Å². The molecule has 13 heteroatoms. The van der Waals surface area contributed by atoms with E-state index < -0.39 is 32.9 Å². The molecule has 3 aromatic rings. The van der Waals surface area contributed by atoms with Crippen LogP contribution in [0.5, 0.6) is 0 Å². The first-order valence-electron chi connectivity index (χ1n) is 10.3. The number of rotatable bonds is 7. The van der Waals surface area contributed by atoms with Crippen LogP contribution in [0.1, 0.15) is 46.7 Å². The van der Waals surface area contributed by atoms with E-state index in [4.69, 9.17) is 0 Å². The number of pyridine rings is 2. The summed E-state index contributed by atoms with van der Waals surface area (Å²) in [4.78, 5) is 24.6. The fraction of sp³-hybridized carbons (Fsp3) is 0.333. The van der Waals surface area contributed by atoms with Gasteiger partial charge in [-0.2, -0.15) is 13.2 Å². The summed E-state index contributed by atoms with van der Waals surface area (Å²) in [7, 11) is -3.49. The Morgan fingerprint density at radius 3 is 2.62 bits per heavy atom. The zero-order valence-electron chi connectivity index (χ0n) is 17.7. The topological polar surface area (TPSA) is 114 Å². The highest BCUT2D eigenvalue weighted by Crippen LogP contribution is 2.33. The van der Waals surface area contributed by atoms with Crippen molar-refractivity contribution in [2.75, 3.05) is 4.72 Å². The summed E-state index contributed by atoms with van der Waals surface area (Å²) in [6.07, 6.45) is 3.28. The molecule has 3 heterocycles. The molecule has 3 aromatic heterocycles. The predicted octanol–water partition coefficient (Wildman–Crippen LogP) is 4.23. The summed E-state index contributed by atoms with van der Waals surface area (Å²) in [5.74, 6) is -0.532. The number of alkyl halides is 3. The Morgan fingerprint density at radius 1 is 1.12 bits per heavy atom. The Bertz CT molecular complexity index is 1290. The first kappa shape index (κ1) is 24.1. The van der Waals surface area contributed by atoms with E-state index in [1.54, 1.807) is 0 Å². The lowest BCUT2D eigenvalue weighted by atomic mass is 10.2. The lowest BCUT2D eigenvalue weighted by Gasteiger charge is -2.14. The fourth-order valence-electron chi connectivity index (χ4n) is 3.57. The number of nitrogens with one attached hydrogen (secondary N) is 2. The van der Waals surface area contributed by atoms with Crippen molar-refractivity contribution in [3.05, 3.63) is 59.3 Å². The van der Waals surface area contributed by atoms with Gasteiger partial charge in [0.1, 0.15) is 0 Å². The van der Waals surface area contributed by atoms with Gasteiger partial charge in [-0.05, 0) is 31.0 Å². The van der Waals surface area contributed by atoms with E-state index in [1.165, 1.54) is 30.7 Å². The minimum absolute atomic E-state index is 0.0118. The molecule has 0 unspecified atom stereocenters. The quantitative estimate of drug-likeness (QED) is 0.491. The van der Waals surface area contributed by atoms with Crippen LogP contribution in [-0.2, 0) is 22.7 Å². The van der Waals surface area contributed by atoms with Gasteiger partial charge in [0.05, 0.1) is 33.6 Å². The van der Waals surface area contributed by atoms with Gasteiger partial charge in [0.25, 0.3) is 5.91 Å². The third-order valence-electron chi connectivity index (χ3n) is 5.30. The number of carbonyl (C=O) groups is 1. The molecular formula is C21H20F3N5O3S2. The predicted molar refractivity (Wildman–Crippen MR) is 121 cm³/mol. The van der Waals surface area contributed by atoms with Crippen molar-refractivity contribution in [2.45, 2.75) is 43.7 Å². The molecule has 0 radical (unpaired) electrons. The van der Waals surface area contributed by atoms with Crippen LogP contribution in [0, 0.1) is 0 Å². The molecule has 0 spiro atoms. The second-order valence-electron chi connectivity index (χ2n) is 7.76. The molecule has 0 aliphatic heterocycles. The number of carbonyl (C=O) groups excluding carboxylic acids is 1. The monoisotopic (exact) mass is 511 g/mol. The zero-order valence-corrected chi connectivity index (χ0v) is 19.3. The van der Waals surface area contributed by atoms with Crippen molar-refractivity contribution in [3.8, 4) is 10.4 Å². The maximum absolute atomic E-state index is 12.9. The molecule has 8 nitrogen and oxygen atoms in total. The second-order valence-corrected chi connectivity index (χ2v) is 10.8. The number of hydrogen-bond acceptors (Lipinski definition) is 7. The van der Waals surface area contributed by atoms with E-state index in [2.05, 4.69) is 25.0 Å². The normalized spacial score (nSPS) is 14.8. The highest BCUT2D eigenvalue weighted by atomic mass is 32.2. The molecule has 1 aliphatic carbocycles. The van der Waals surface area contributed by atoms with Crippen molar-refractivity contribution in [3.63, 3.8) is 0 Å². The summed E-state index contributed by atoms with van der Waals surface area (Å²) in [6, 6.07) is 4.02. The van der Waals surface area contributed by atoms with Gasteiger partial charge >= 0.3 is 6.18 Å². The summed E-state index contributed by atoms with van der Waals surface area (Å²) < 4.78 is 66.3. The van der Waals surface area contributed by atoms with Crippen LogP contribution in [0.3, 0.4) is 0 Å². The Hall–Kier alpha value is -3.06. The molecule has 34 heavy (non-hydrogen) atoms. The fourth-order valence-corrected chi connectivity index (χ4v) is 5.96. The first-order valence-corrected chi connectivity index (χ1v) is 12.7. The number of nitrogens with zero attached hydrogens (tertiary/aromatic N) is 3. The molecule has 1 amide bonds. The van der Waals surface area contributed by atoms with Gasteiger partial charge in [-0.3, -0.25) is 19.5 Å². The molecule has 0 atom stereocenters. The van der Waals surface area contributed by atoms with Crippen LogP contribution in [0.2, 0.25) is 0 Å². The highest BCUT2D eigenvalue weighted by molar-refractivity contribution is 7.93. The molecule has 4 rings (SSSR count). The van der Waals surface area contributed by atoms with Crippen LogP contribution < -0.4 is 10.0 Å². The van der Waals surface area contributed by atoms with Gasteiger partial charge < -0.3 is 5.32 Å². The van der Waals surface area contributed by atoms with Crippen LogP contribution in [-0.4, -0.2) is 34.5 Å². The van der Waals surface area contributed by atoms with Crippen molar-refractivity contribution < 1.29 is 26.4 Å². The number of anilines is 1. The summed E-state index contributed by atoms with van der Waals surface area (Å²) in [5.41, 5.74) is 0.104. The third-order valence-corrected chi connectivity index (χ3v) is 8.21. The highest BCUT2D eigenvalue weighted by Gasteiger charge is 2.31. The Balaban J connectivity index is 1.39. The standard InChI is InChI=1S/C21H20F3N5O3S2/c22-21(23,24)14-7-13(9-25-10-14)18-12-28-20(33-18)19(30)27-11-16-8-15(5-6-26-16)29-34(31,32)17-3-1-2-4-17/h5-10,12,17H,1-4,11H2,(H,26,29)(H,27,30). The van der Waals surface area contributed by atoms with E-state index >= 15 is 0 Å². The average molecular weight is 512 g/mol. The maximum atomic E-state index is 12.9. The molecule has 2 N–H and O–H groups in total. The van der Waals surface area contributed by atoms with Gasteiger partial charge in [-0.1, -0.05) is 12.8 Å². The van der Waals surface area contributed by atoms with E-state index in [1.807, 2.05) is 0 Å². The number of thiazole rings is 1. The molecule has 0 aromatic carbocycles. The number of sulfonamides is 1. The zero-order chi connectivity index (χ0) is 24.3. The second kappa shape index (κ2) is 9.66. The van der Waals surface area contributed by atoms with E-state index in [0.717, 1.165) is 36.4 Å². The SMILES string of the molecule is O=C(NCc1cc(NS(=O)(=O)C2CCCC2)ccn1)c1ncc(-c2cncc(C(F)(F)F)c2)s1. The minimum Gasteiger partial charge on any atom is -0.344 e. The van der Waals surface area contributed by atoms with E-state index in [9.17, 15) is 26.4 Å². The Morgan fingerprint density at radius 2 is 1.88 bits per heavy atom. The van der Waals surface area contributed by atoms with Crippen molar-refractivity contribution in [2.24, 2.45) is 0 Å². The van der Waals surface area contributed by atoms with Gasteiger partial charge in [-0.25, -0.2) is 13.4 Å². The van der Waals surface area contributed by atoms with Crippen LogP contribution in [0.25, 0.3) is 10.4 Å². The van der Waals surface area contributed by atoms with Gasteiger partial charge in [0.2, 0.25) is 10.0 Å². The van der Waals surface area contributed by atoms with Crippen molar-refractivity contribution in [1.82, 2.24) is 20.3 Å². The van der Waals surface area contributed by atoms with Crippen LogP contribution in [0.4, 0.5) is 18.9 Å². The Kier molecular flexibility index (Phi) is 6.84. The van der Waals surface area contributed by atoms with Crippen LogP contribution in [0.15, 0.2) is 43.0 Å². The smallest absolute Gasteiger partial charge is 0.344 e. The number of halogens is 3. The molecule has 1 fully saturated rings. The number of hydrogen-bond donors (Lipinski definition) is 2. The minimum atomic E-state index is -4.53. The average Bonchev–Trinajstić information content (AvgIpc) is 3.50. The van der Waals surface area contributed by atoms with Crippen molar-refractivity contribution in [1.29, 1.82) is 0 Å². The summed E-state index contributed by atoms with van der Waals surface area (Å²) in [5, 5.41) is 2.29. The third kappa shape index (κ3) is 5.70. The van der Waals surface area contributed by atoms with E-state index in [0.29, 0.717) is 29.1 Å². The maximum Gasteiger partial charge on any atom is 0.417 e. The molecule has 1 aliphatic rings. The number of amides is 1. The van der Waals surface area contributed by atoms with Crippen LogP contribution >= 0.6 is 11.3 Å². The first-order chi connectivity index (χ1) is 16.1.